The monoisotopic (exact) mass is 288 g/mol. The van der Waals surface area contributed by atoms with Gasteiger partial charge in [0.05, 0.1) is 5.92 Å². The number of rotatable bonds is 3. The lowest BCUT2D eigenvalue weighted by molar-refractivity contribution is -0.122. The number of hydrogen-bond donors (Lipinski definition) is 0. The molecule has 0 spiro atoms. The molecule has 0 N–H and O–H groups in total. The van der Waals surface area contributed by atoms with Crippen LogP contribution in [0.4, 0.5) is 0 Å². The molecular formula is C15H16N2O2S. The molecular weight excluding hydrogens is 272 g/mol. The van der Waals surface area contributed by atoms with Crippen molar-refractivity contribution in [3.05, 3.63) is 30.2 Å². The molecule has 1 heterocycles. The number of carbonyl (C=O) groups excluding carboxylic acids is 1. The molecule has 2 aromatic rings. The van der Waals surface area contributed by atoms with E-state index in [0.29, 0.717) is 18.1 Å². The Morgan fingerprint density at radius 2 is 2.05 bits per heavy atom. The number of thioether (sulfide) groups is 1. The zero-order valence-electron chi connectivity index (χ0n) is 11.3. The van der Waals surface area contributed by atoms with Crippen molar-refractivity contribution in [1.29, 1.82) is 0 Å². The molecule has 1 aliphatic carbocycles. The lowest BCUT2D eigenvalue weighted by atomic mass is 9.88. The molecule has 1 fully saturated rings. The van der Waals surface area contributed by atoms with Crippen molar-refractivity contribution >= 4 is 17.5 Å². The van der Waals surface area contributed by atoms with Gasteiger partial charge in [-0.1, -0.05) is 11.6 Å². The number of hydrogen-bond acceptors (Lipinski definition) is 5. The summed E-state index contributed by atoms with van der Waals surface area (Å²) in [7, 11) is 0. The Balaban J connectivity index is 1.83. The van der Waals surface area contributed by atoms with E-state index in [-0.39, 0.29) is 11.7 Å². The highest BCUT2D eigenvalue weighted by molar-refractivity contribution is 7.98. The van der Waals surface area contributed by atoms with Crippen molar-refractivity contribution in [3.8, 4) is 11.4 Å². The molecule has 0 amide bonds. The number of carbonyl (C=O) groups is 1. The quantitative estimate of drug-likeness (QED) is 0.806. The van der Waals surface area contributed by atoms with Gasteiger partial charge in [0.25, 0.3) is 0 Å². The van der Waals surface area contributed by atoms with Crippen LogP contribution in [0, 0.1) is 0 Å². The molecule has 0 saturated heterocycles. The first-order chi connectivity index (χ1) is 9.78. The average Bonchev–Trinajstić information content (AvgIpc) is 2.97. The van der Waals surface area contributed by atoms with Gasteiger partial charge in [-0.25, -0.2) is 0 Å². The summed E-state index contributed by atoms with van der Waals surface area (Å²) in [6.07, 6.45) is 5.52. The molecule has 1 aromatic heterocycles. The van der Waals surface area contributed by atoms with Crippen LogP contribution in [0.5, 0.6) is 0 Å². The third-order valence-corrected chi connectivity index (χ3v) is 4.39. The van der Waals surface area contributed by atoms with Crippen LogP contribution < -0.4 is 0 Å². The molecule has 104 valence electrons. The highest BCUT2D eigenvalue weighted by Crippen LogP contribution is 2.30. The van der Waals surface area contributed by atoms with E-state index in [4.69, 9.17) is 4.52 Å². The summed E-state index contributed by atoms with van der Waals surface area (Å²) >= 11 is 1.69. The molecule has 0 bridgehead atoms. The Labute approximate surface area is 122 Å². The molecule has 1 atom stereocenters. The fourth-order valence-electron chi connectivity index (χ4n) is 2.48. The predicted octanol–water partition coefficient (Wildman–Crippen LogP) is 3.69. The number of benzene rings is 1. The molecule has 1 saturated carbocycles. The highest BCUT2D eigenvalue weighted by atomic mass is 32.2. The van der Waals surface area contributed by atoms with E-state index < -0.39 is 0 Å². The van der Waals surface area contributed by atoms with Crippen LogP contribution in [0.15, 0.2) is 33.7 Å². The van der Waals surface area contributed by atoms with Crippen LogP contribution in [0.3, 0.4) is 0 Å². The maximum Gasteiger partial charge on any atom is 0.237 e. The smallest absolute Gasteiger partial charge is 0.237 e. The summed E-state index contributed by atoms with van der Waals surface area (Å²) in [6, 6.07) is 8.01. The van der Waals surface area contributed by atoms with E-state index in [0.717, 1.165) is 24.8 Å². The van der Waals surface area contributed by atoms with Crippen LogP contribution in [-0.2, 0) is 4.79 Å². The molecule has 5 heteroatoms. The zero-order valence-corrected chi connectivity index (χ0v) is 12.2. The van der Waals surface area contributed by atoms with E-state index in [1.165, 1.54) is 4.90 Å². The van der Waals surface area contributed by atoms with Gasteiger partial charge in [0.15, 0.2) is 0 Å². The van der Waals surface area contributed by atoms with Crippen LogP contribution in [0.2, 0.25) is 0 Å². The van der Waals surface area contributed by atoms with Crippen molar-refractivity contribution in [2.45, 2.75) is 36.5 Å². The predicted molar refractivity (Wildman–Crippen MR) is 77.7 cm³/mol. The summed E-state index contributed by atoms with van der Waals surface area (Å²) in [5.41, 5.74) is 0.918. The van der Waals surface area contributed by atoms with E-state index >= 15 is 0 Å². The fraction of sp³-hybridized carbons (Fsp3) is 0.400. The molecule has 20 heavy (non-hydrogen) atoms. The van der Waals surface area contributed by atoms with Gasteiger partial charge in [0, 0.05) is 16.9 Å². The maximum absolute atomic E-state index is 11.9. The lowest BCUT2D eigenvalue weighted by Crippen LogP contribution is -2.17. The van der Waals surface area contributed by atoms with Crippen molar-refractivity contribution in [1.82, 2.24) is 10.1 Å². The van der Waals surface area contributed by atoms with Crippen molar-refractivity contribution in [2.24, 2.45) is 0 Å². The second kappa shape index (κ2) is 5.79. The van der Waals surface area contributed by atoms with E-state index in [1.807, 2.05) is 30.5 Å². The van der Waals surface area contributed by atoms with Crippen molar-refractivity contribution in [3.63, 3.8) is 0 Å². The minimum absolute atomic E-state index is 0.199. The van der Waals surface area contributed by atoms with Gasteiger partial charge in [-0.3, -0.25) is 4.79 Å². The van der Waals surface area contributed by atoms with Crippen LogP contribution in [-0.4, -0.2) is 22.2 Å². The highest BCUT2D eigenvalue weighted by Gasteiger charge is 2.29. The third-order valence-electron chi connectivity index (χ3n) is 3.64. The molecule has 1 unspecified atom stereocenters. The van der Waals surface area contributed by atoms with Crippen LogP contribution in [0.25, 0.3) is 11.4 Å². The molecule has 0 radical (unpaired) electrons. The summed E-state index contributed by atoms with van der Waals surface area (Å²) in [4.78, 5) is 17.5. The van der Waals surface area contributed by atoms with Gasteiger partial charge in [-0.05, 0) is 43.4 Å². The fourth-order valence-corrected chi connectivity index (χ4v) is 2.89. The lowest BCUT2D eigenvalue weighted by Gasteiger charge is -2.16. The third kappa shape index (κ3) is 2.63. The van der Waals surface area contributed by atoms with E-state index in [9.17, 15) is 4.79 Å². The molecule has 1 aliphatic rings. The summed E-state index contributed by atoms with van der Waals surface area (Å²) in [6.45, 7) is 0. The number of aromatic nitrogens is 2. The largest absolute Gasteiger partial charge is 0.338 e. The van der Waals surface area contributed by atoms with Gasteiger partial charge in [-0.15, -0.1) is 11.8 Å². The van der Waals surface area contributed by atoms with Crippen LogP contribution in [0.1, 0.15) is 37.5 Å². The molecule has 0 aliphatic heterocycles. The number of ketones is 1. The van der Waals surface area contributed by atoms with Crippen molar-refractivity contribution in [2.75, 3.05) is 6.26 Å². The first kappa shape index (κ1) is 13.4. The van der Waals surface area contributed by atoms with Crippen molar-refractivity contribution < 1.29 is 9.32 Å². The van der Waals surface area contributed by atoms with Gasteiger partial charge < -0.3 is 4.52 Å². The maximum atomic E-state index is 11.9. The van der Waals surface area contributed by atoms with E-state index in [2.05, 4.69) is 10.1 Å². The Morgan fingerprint density at radius 1 is 1.25 bits per heavy atom. The summed E-state index contributed by atoms with van der Waals surface area (Å²) in [5, 5.41) is 4.01. The summed E-state index contributed by atoms with van der Waals surface area (Å²) < 4.78 is 5.30. The Kier molecular flexibility index (Phi) is 3.87. The van der Waals surface area contributed by atoms with E-state index in [1.54, 1.807) is 11.8 Å². The van der Waals surface area contributed by atoms with Gasteiger partial charge >= 0.3 is 0 Å². The zero-order chi connectivity index (χ0) is 13.9. The average molecular weight is 288 g/mol. The topological polar surface area (TPSA) is 56.0 Å². The second-order valence-electron chi connectivity index (χ2n) is 4.95. The van der Waals surface area contributed by atoms with Gasteiger partial charge in [0.1, 0.15) is 5.78 Å². The van der Waals surface area contributed by atoms with Gasteiger partial charge in [-0.2, -0.15) is 4.98 Å². The molecule has 4 nitrogen and oxygen atoms in total. The standard InChI is InChI=1S/C15H16N2O2S/c1-20-11-8-6-10(7-9-11)14-16-15(19-17-14)12-4-2-3-5-13(12)18/h6-9,12H,2-5H2,1H3. The Morgan fingerprint density at radius 3 is 2.75 bits per heavy atom. The summed E-state index contributed by atoms with van der Waals surface area (Å²) in [5.74, 6) is 1.06. The number of nitrogens with zero attached hydrogens (tertiary/aromatic N) is 2. The normalized spacial score (nSPS) is 19.2. The molecule has 3 rings (SSSR count). The first-order valence-electron chi connectivity index (χ1n) is 6.78. The minimum atomic E-state index is -0.199. The first-order valence-corrected chi connectivity index (χ1v) is 8.01. The Bertz CT molecular complexity index is 607. The second-order valence-corrected chi connectivity index (χ2v) is 5.83. The Hall–Kier alpha value is -1.62. The van der Waals surface area contributed by atoms with Gasteiger partial charge in [0.2, 0.25) is 11.7 Å². The minimum Gasteiger partial charge on any atom is -0.338 e. The SMILES string of the molecule is CSc1ccc(-c2noc(C3CCCCC3=O)n2)cc1. The molecule has 1 aromatic carbocycles. The number of Topliss-reactive ketones (excluding diaryl/α,β-unsaturated/α-hetero) is 1. The van der Waals surface area contributed by atoms with Crippen LogP contribution >= 0.6 is 11.8 Å².